The third-order valence-electron chi connectivity index (χ3n) is 4.37. The summed E-state index contributed by atoms with van der Waals surface area (Å²) >= 11 is 0. The molecule has 5 heteroatoms. The van der Waals surface area contributed by atoms with Gasteiger partial charge in [0.2, 0.25) is 0 Å². The summed E-state index contributed by atoms with van der Waals surface area (Å²) in [5.41, 5.74) is -0.808. The van der Waals surface area contributed by atoms with Crippen molar-refractivity contribution in [2.75, 3.05) is 13.1 Å². The van der Waals surface area contributed by atoms with Crippen molar-refractivity contribution in [3.63, 3.8) is 0 Å². The van der Waals surface area contributed by atoms with Gasteiger partial charge in [0.1, 0.15) is 5.54 Å². The molecule has 2 N–H and O–H groups in total. The number of carbonyl (C=O) groups excluding carboxylic acids is 1. The van der Waals surface area contributed by atoms with Crippen molar-refractivity contribution in [3.8, 4) is 0 Å². The molecule has 102 valence electrons. The first kappa shape index (κ1) is 13.2. The number of piperidine rings is 1. The van der Waals surface area contributed by atoms with Crippen LogP contribution >= 0.6 is 0 Å². The van der Waals surface area contributed by atoms with E-state index >= 15 is 0 Å². The van der Waals surface area contributed by atoms with Crippen LogP contribution in [0.15, 0.2) is 0 Å². The molecular weight excluding hydrogens is 232 g/mol. The number of carboxylic acid groups (broad SMARTS) is 1. The maximum atomic E-state index is 12.1. The average Bonchev–Trinajstić information content (AvgIpc) is 3.05. The van der Waals surface area contributed by atoms with Crippen molar-refractivity contribution in [1.29, 1.82) is 0 Å². The van der Waals surface area contributed by atoms with E-state index in [0.717, 1.165) is 25.7 Å². The predicted molar refractivity (Wildman–Crippen MR) is 67.3 cm³/mol. The van der Waals surface area contributed by atoms with E-state index in [1.54, 1.807) is 6.92 Å². The highest BCUT2D eigenvalue weighted by atomic mass is 16.4. The Bertz CT molecular complexity index is 365. The summed E-state index contributed by atoms with van der Waals surface area (Å²) in [6.07, 6.45) is 4.57. The number of rotatable bonds is 3. The van der Waals surface area contributed by atoms with Crippen LogP contribution < -0.4 is 5.32 Å². The number of nitrogens with zero attached hydrogens (tertiary/aromatic N) is 1. The maximum Gasteiger partial charge on any atom is 0.329 e. The third kappa shape index (κ3) is 2.44. The Morgan fingerprint density at radius 1 is 1.22 bits per heavy atom. The molecule has 5 nitrogen and oxygen atoms in total. The van der Waals surface area contributed by atoms with Crippen molar-refractivity contribution in [3.05, 3.63) is 0 Å². The van der Waals surface area contributed by atoms with Crippen molar-refractivity contribution >= 4 is 12.0 Å². The maximum absolute atomic E-state index is 12.1. The molecule has 0 radical (unpaired) electrons. The molecule has 0 aromatic rings. The van der Waals surface area contributed by atoms with Crippen LogP contribution in [0.4, 0.5) is 4.79 Å². The highest BCUT2D eigenvalue weighted by Crippen LogP contribution is 2.44. The number of hydrogen-bond acceptors (Lipinski definition) is 2. The van der Waals surface area contributed by atoms with Crippen LogP contribution in [0.5, 0.6) is 0 Å². The van der Waals surface area contributed by atoms with Gasteiger partial charge in [-0.2, -0.15) is 0 Å². The average molecular weight is 254 g/mol. The number of likely N-dealkylation sites (tertiary alicyclic amines) is 1. The Hall–Kier alpha value is -1.26. The first-order valence-electron chi connectivity index (χ1n) is 6.66. The first-order chi connectivity index (χ1) is 8.37. The molecule has 0 aromatic carbocycles. The molecule has 1 aliphatic carbocycles. The summed E-state index contributed by atoms with van der Waals surface area (Å²) in [7, 11) is 0. The van der Waals surface area contributed by atoms with Crippen molar-refractivity contribution < 1.29 is 14.7 Å². The molecule has 1 atom stereocenters. The fraction of sp³-hybridized carbons (Fsp3) is 0.846. The lowest BCUT2D eigenvalue weighted by atomic mass is 9.89. The van der Waals surface area contributed by atoms with E-state index in [1.165, 1.54) is 4.90 Å². The second kappa shape index (κ2) is 4.44. The van der Waals surface area contributed by atoms with Gasteiger partial charge in [-0.05, 0) is 44.4 Å². The number of carbonyl (C=O) groups is 2. The van der Waals surface area contributed by atoms with Crippen LogP contribution in [-0.2, 0) is 4.79 Å². The molecule has 0 bridgehead atoms. The van der Waals surface area contributed by atoms with Gasteiger partial charge < -0.3 is 15.3 Å². The first-order valence-corrected chi connectivity index (χ1v) is 6.66. The van der Waals surface area contributed by atoms with Gasteiger partial charge in [-0.1, -0.05) is 6.92 Å². The number of nitrogens with one attached hydrogen (secondary N) is 1. The van der Waals surface area contributed by atoms with E-state index in [9.17, 15) is 14.7 Å². The van der Waals surface area contributed by atoms with Crippen LogP contribution in [0.1, 0.15) is 46.0 Å². The zero-order valence-electron chi connectivity index (χ0n) is 11.2. The summed E-state index contributed by atoms with van der Waals surface area (Å²) in [6.45, 7) is 4.97. The summed E-state index contributed by atoms with van der Waals surface area (Å²) < 4.78 is 0. The zero-order chi connectivity index (χ0) is 13.4. The van der Waals surface area contributed by atoms with Crippen molar-refractivity contribution in [2.24, 2.45) is 5.41 Å². The topological polar surface area (TPSA) is 69.6 Å². The minimum Gasteiger partial charge on any atom is -0.480 e. The molecule has 1 heterocycles. The zero-order valence-corrected chi connectivity index (χ0v) is 11.2. The molecule has 0 spiro atoms. The quantitative estimate of drug-likeness (QED) is 0.807. The van der Waals surface area contributed by atoms with Crippen LogP contribution in [0.2, 0.25) is 0 Å². The Kier molecular flexibility index (Phi) is 3.25. The summed E-state index contributed by atoms with van der Waals surface area (Å²) in [6, 6.07) is -0.229. The molecule has 18 heavy (non-hydrogen) atoms. The Labute approximate surface area is 108 Å². The van der Waals surface area contributed by atoms with Crippen LogP contribution in [0.3, 0.4) is 0 Å². The number of urea groups is 1. The Morgan fingerprint density at radius 2 is 1.89 bits per heavy atom. The van der Waals surface area contributed by atoms with Crippen LogP contribution in [-0.4, -0.2) is 40.6 Å². The van der Waals surface area contributed by atoms with E-state index < -0.39 is 11.5 Å². The largest absolute Gasteiger partial charge is 0.480 e. The number of aliphatic carboxylic acids is 1. The SMILES string of the molecule is CC1(CNC(=O)N2CCCCC2(C)C(=O)O)CC1. The summed E-state index contributed by atoms with van der Waals surface area (Å²) in [5.74, 6) is -0.907. The highest BCUT2D eigenvalue weighted by Gasteiger charge is 2.45. The van der Waals surface area contributed by atoms with E-state index in [0.29, 0.717) is 19.5 Å². The fourth-order valence-electron chi connectivity index (χ4n) is 2.44. The van der Waals surface area contributed by atoms with Gasteiger partial charge in [0.15, 0.2) is 0 Å². The molecule has 2 amide bonds. The van der Waals surface area contributed by atoms with Gasteiger partial charge >= 0.3 is 12.0 Å². The monoisotopic (exact) mass is 254 g/mol. The predicted octanol–water partition coefficient (Wildman–Crippen LogP) is 1.83. The normalized spacial score (nSPS) is 29.8. The molecule has 2 aliphatic rings. The molecular formula is C13H22N2O3. The van der Waals surface area contributed by atoms with Gasteiger partial charge in [0.25, 0.3) is 0 Å². The minimum absolute atomic E-state index is 0.229. The summed E-state index contributed by atoms with van der Waals surface area (Å²) in [4.78, 5) is 25.0. The minimum atomic E-state index is -1.05. The number of amides is 2. The fourth-order valence-corrected chi connectivity index (χ4v) is 2.44. The molecule has 1 saturated carbocycles. The number of hydrogen-bond donors (Lipinski definition) is 2. The van der Waals surface area contributed by atoms with Crippen molar-refractivity contribution in [2.45, 2.75) is 51.5 Å². The van der Waals surface area contributed by atoms with E-state index in [2.05, 4.69) is 12.2 Å². The third-order valence-corrected chi connectivity index (χ3v) is 4.37. The molecule has 1 saturated heterocycles. The second-order valence-electron chi connectivity index (χ2n) is 6.16. The summed E-state index contributed by atoms with van der Waals surface area (Å²) in [5, 5.41) is 12.2. The molecule has 1 aliphatic heterocycles. The van der Waals surface area contributed by atoms with E-state index in [4.69, 9.17) is 0 Å². The lowest BCUT2D eigenvalue weighted by Crippen LogP contribution is -2.60. The van der Waals surface area contributed by atoms with Crippen LogP contribution in [0, 0.1) is 5.41 Å². The van der Waals surface area contributed by atoms with Crippen LogP contribution in [0.25, 0.3) is 0 Å². The lowest BCUT2D eigenvalue weighted by Gasteiger charge is -2.41. The van der Waals surface area contributed by atoms with Gasteiger partial charge in [-0.3, -0.25) is 0 Å². The molecule has 1 unspecified atom stereocenters. The molecule has 2 rings (SSSR count). The molecule has 2 fully saturated rings. The van der Waals surface area contributed by atoms with Gasteiger partial charge in [0, 0.05) is 13.1 Å². The lowest BCUT2D eigenvalue weighted by molar-refractivity contribution is -0.150. The number of carboxylic acids is 1. The molecule has 0 aromatic heterocycles. The second-order valence-corrected chi connectivity index (χ2v) is 6.16. The van der Waals surface area contributed by atoms with Gasteiger partial charge in [0.05, 0.1) is 0 Å². The standard InChI is InChI=1S/C13H22N2O3/c1-12(6-7-12)9-14-11(18)15-8-4-3-5-13(15,2)10(16)17/h3-9H2,1-2H3,(H,14,18)(H,16,17). The van der Waals surface area contributed by atoms with E-state index in [-0.39, 0.29) is 11.4 Å². The Balaban J connectivity index is 1.99. The Morgan fingerprint density at radius 3 is 2.44 bits per heavy atom. The smallest absolute Gasteiger partial charge is 0.329 e. The van der Waals surface area contributed by atoms with E-state index in [1.807, 2.05) is 0 Å². The van der Waals surface area contributed by atoms with Gasteiger partial charge in [-0.15, -0.1) is 0 Å². The van der Waals surface area contributed by atoms with Crippen molar-refractivity contribution in [1.82, 2.24) is 10.2 Å². The van der Waals surface area contributed by atoms with Gasteiger partial charge in [-0.25, -0.2) is 9.59 Å². The highest BCUT2D eigenvalue weighted by molar-refractivity contribution is 5.86.